The van der Waals surface area contributed by atoms with Crippen molar-refractivity contribution < 1.29 is 23.5 Å². The maximum Gasteiger partial charge on any atom is 0.427 e. The smallest absolute Gasteiger partial charge is 0.427 e. The lowest BCUT2D eigenvalue weighted by Gasteiger charge is -1.89. The number of nitrogens with one attached hydrogen (secondary N) is 1. The average Bonchev–Trinajstić information content (AvgIpc) is 2.98. The Morgan fingerprint density at radius 3 is 2.44 bits per heavy atom. The van der Waals surface area contributed by atoms with Crippen molar-refractivity contribution in [3.63, 3.8) is 0 Å². The summed E-state index contributed by atoms with van der Waals surface area (Å²) < 4.78 is 11.7. The summed E-state index contributed by atoms with van der Waals surface area (Å²) in [5.74, 6) is -0.521. The maximum absolute atomic E-state index is 10.9. The van der Waals surface area contributed by atoms with Crippen LogP contribution < -0.4 is 20.1 Å². The van der Waals surface area contributed by atoms with Gasteiger partial charge in [0.15, 0.2) is 0 Å². The van der Waals surface area contributed by atoms with Gasteiger partial charge in [-0.1, -0.05) is 0 Å². The van der Waals surface area contributed by atoms with Crippen molar-refractivity contribution >= 4 is 0 Å². The average molecular weight is 247 g/mol. The molecule has 3 aromatic rings. The summed E-state index contributed by atoms with van der Waals surface area (Å²) in [6.45, 7) is 0. The van der Waals surface area contributed by atoms with Crippen LogP contribution in [0.2, 0.25) is 0 Å². The summed E-state index contributed by atoms with van der Waals surface area (Å²) in [4.78, 5) is 10.9. The maximum atomic E-state index is 10.9. The van der Waals surface area contributed by atoms with Gasteiger partial charge >= 0.3 is 5.63 Å². The first kappa shape index (κ1) is 10.3. The Morgan fingerprint density at radius 1 is 1.17 bits per heavy atom. The molecule has 0 aliphatic rings. The van der Waals surface area contributed by atoms with Gasteiger partial charge in [-0.15, -0.1) is 0 Å². The molecule has 2 heterocycles. The third-order valence-corrected chi connectivity index (χ3v) is 2.32. The van der Waals surface area contributed by atoms with Gasteiger partial charge in [0, 0.05) is 24.3 Å². The molecule has 0 amide bonds. The number of H-pyrrole nitrogens is 1. The molecule has 0 aliphatic carbocycles. The molecule has 0 bridgehead atoms. The van der Waals surface area contributed by atoms with Crippen LogP contribution in [0.1, 0.15) is 0 Å². The molecule has 90 valence electrons. The van der Waals surface area contributed by atoms with Crippen LogP contribution in [0, 0.1) is 0 Å². The van der Waals surface area contributed by atoms with E-state index >= 15 is 0 Å². The van der Waals surface area contributed by atoms with Gasteiger partial charge < -0.3 is 9.63 Å². The minimum Gasteiger partial charge on any atom is -0.539 e. The van der Waals surface area contributed by atoms with E-state index in [2.05, 4.69) is 19.6 Å². The number of aromatic amines is 1. The summed E-state index contributed by atoms with van der Waals surface area (Å²) in [5.41, 5.74) is 0.896. The van der Waals surface area contributed by atoms with Crippen LogP contribution in [0.15, 0.2) is 50.5 Å². The van der Waals surface area contributed by atoms with Gasteiger partial charge in [-0.2, -0.15) is 0 Å². The second kappa shape index (κ2) is 3.84. The largest absolute Gasteiger partial charge is 0.539 e. The molecule has 18 heavy (non-hydrogen) atoms. The summed E-state index contributed by atoms with van der Waals surface area (Å²) in [7, 11) is 0. The Bertz CT molecular complexity index is 725. The van der Waals surface area contributed by atoms with Gasteiger partial charge in [0.2, 0.25) is 17.6 Å². The number of hydrogen-bond donors (Lipinski definition) is 1. The Kier molecular flexibility index (Phi) is 2.19. The molecule has 8 nitrogen and oxygen atoms in total. The fourth-order valence-electron chi connectivity index (χ4n) is 1.50. The SMILES string of the molecule is O=c1c[n+](-c2ccc(-[n+]3cc([O-])on3)cc2)[nH]o1. The van der Waals surface area contributed by atoms with E-state index < -0.39 is 11.6 Å². The molecular formula is C10H7N4O4+. The lowest BCUT2D eigenvalue weighted by atomic mass is 10.3. The van der Waals surface area contributed by atoms with Gasteiger partial charge in [0.1, 0.15) is 5.95 Å². The van der Waals surface area contributed by atoms with Crippen molar-refractivity contribution in [2.75, 3.05) is 0 Å². The van der Waals surface area contributed by atoms with E-state index in [-0.39, 0.29) is 0 Å². The van der Waals surface area contributed by atoms with E-state index in [1.807, 2.05) is 0 Å². The molecule has 2 aromatic heterocycles. The Labute approximate surface area is 99.2 Å². The second-order valence-electron chi connectivity index (χ2n) is 3.49. The monoisotopic (exact) mass is 247 g/mol. The quantitative estimate of drug-likeness (QED) is 0.560. The van der Waals surface area contributed by atoms with E-state index in [1.54, 1.807) is 24.3 Å². The first-order valence-electron chi connectivity index (χ1n) is 4.99. The molecule has 1 aromatic carbocycles. The number of rotatable bonds is 2. The molecular weight excluding hydrogens is 240 g/mol. The Balaban J connectivity index is 1.96. The number of aromatic nitrogens is 4. The van der Waals surface area contributed by atoms with Crippen molar-refractivity contribution in [1.82, 2.24) is 10.5 Å². The van der Waals surface area contributed by atoms with Crippen molar-refractivity contribution in [2.24, 2.45) is 0 Å². The molecule has 0 unspecified atom stereocenters. The molecule has 0 saturated carbocycles. The molecule has 8 heteroatoms. The molecule has 0 fully saturated rings. The van der Waals surface area contributed by atoms with E-state index in [1.165, 1.54) is 21.8 Å². The first-order chi connectivity index (χ1) is 8.72. The number of hydrogen-bond acceptors (Lipinski definition) is 5. The predicted molar refractivity (Wildman–Crippen MR) is 51.9 cm³/mol. The van der Waals surface area contributed by atoms with Gasteiger partial charge in [0.05, 0.1) is 5.27 Å². The van der Waals surface area contributed by atoms with Gasteiger partial charge in [-0.3, -0.25) is 4.52 Å². The van der Waals surface area contributed by atoms with Crippen LogP contribution in [0.25, 0.3) is 11.4 Å². The van der Waals surface area contributed by atoms with Gasteiger partial charge in [0.25, 0.3) is 6.20 Å². The van der Waals surface area contributed by atoms with Crippen molar-refractivity contribution in [2.45, 2.75) is 0 Å². The lowest BCUT2D eigenvalue weighted by molar-refractivity contribution is -0.673. The third kappa shape index (κ3) is 1.75. The van der Waals surface area contributed by atoms with E-state index in [0.29, 0.717) is 11.4 Å². The highest BCUT2D eigenvalue weighted by Crippen LogP contribution is 2.04. The van der Waals surface area contributed by atoms with Crippen molar-refractivity contribution in [1.29, 1.82) is 0 Å². The molecule has 0 saturated heterocycles. The zero-order chi connectivity index (χ0) is 12.5. The van der Waals surface area contributed by atoms with Crippen LogP contribution in [0.4, 0.5) is 0 Å². The minimum absolute atomic E-state index is 0.471. The summed E-state index contributed by atoms with van der Waals surface area (Å²) in [5, 5.41) is 16.8. The van der Waals surface area contributed by atoms with Crippen LogP contribution in [0.5, 0.6) is 5.95 Å². The van der Waals surface area contributed by atoms with Crippen LogP contribution in [-0.2, 0) is 0 Å². The lowest BCUT2D eigenvalue weighted by Crippen LogP contribution is -2.34. The van der Waals surface area contributed by atoms with E-state index in [4.69, 9.17) is 0 Å². The molecule has 0 spiro atoms. The standard InChI is InChI=1S/C10H6N4O4/c15-9-5-13(11-17-9)7-1-2-8(4-3-7)14-6-10(16)18-12-14/h1-6H/p+1. The van der Waals surface area contributed by atoms with Gasteiger partial charge in [-0.05, 0) is 14.6 Å². The Hall–Kier alpha value is -2.90. The summed E-state index contributed by atoms with van der Waals surface area (Å²) in [6.07, 6.45) is 2.50. The van der Waals surface area contributed by atoms with Crippen molar-refractivity contribution in [3.05, 3.63) is 47.1 Å². The van der Waals surface area contributed by atoms with Crippen LogP contribution in [0.3, 0.4) is 0 Å². The zero-order valence-electron chi connectivity index (χ0n) is 8.94. The second-order valence-corrected chi connectivity index (χ2v) is 3.49. The fraction of sp³-hybridized carbons (Fsp3) is 0. The van der Waals surface area contributed by atoms with Gasteiger partial charge in [-0.25, -0.2) is 4.79 Å². The summed E-state index contributed by atoms with van der Waals surface area (Å²) in [6, 6.07) is 6.89. The normalized spacial score (nSPS) is 10.7. The zero-order valence-corrected chi connectivity index (χ0v) is 8.94. The van der Waals surface area contributed by atoms with E-state index in [9.17, 15) is 9.90 Å². The topological polar surface area (TPSA) is 103 Å². The molecule has 0 radical (unpaired) electrons. The highest BCUT2D eigenvalue weighted by atomic mass is 16.6. The number of nitrogens with zero attached hydrogens (tertiary/aromatic N) is 3. The molecule has 1 N–H and O–H groups in total. The van der Waals surface area contributed by atoms with Crippen LogP contribution >= 0.6 is 0 Å². The van der Waals surface area contributed by atoms with Crippen LogP contribution in [-0.4, -0.2) is 10.5 Å². The summed E-state index contributed by atoms with van der Waals surface area (Å²) >= 11 is 0. The molecule has 0 aliphatic heterocycles. The first-order valence-corrected chi connectivity index (χ1v) is 4.99. The minimum atomic E-state index is -0.521. The highest BCUT2D eigenvalue weighted by Gasteiger charge is 2.14. The predicted octanol–water partition coefficient (Wildman–Crippen LogP) is -1.42. The number of benzene rings is 1. The molecule has 3 rings (SSSR count). The highest BCUT2D eigenvalue weighted by molar-refractivity contribution is 5.30. The Morgan fingerprint density at radius 2 is 1.89 bits per heavy atom. The third-order valence-electron chi connectivity index (χ3n) is 2.32. The van der Waals surface area contributed by atoms with Crippen molar-refractivity contribution in [3.8, 4) is 17.3 Å². The molecule has 0 atom stereocenters. The van der Waals surface area contributed by atoms with E-state index in [0.717, 1.165) is 0 Å². The fourth-order valence-corrected chi connectivity index (χ4v) is 1.50.